The maximum atomic E-state index is 12.1. The van der Waals surface area contributed by atoms with Gasteiger partial charge in [0.1, 0.15) is 5.60 Å². The first-order chi connectivity index (χ1) is 5.67. The highest BCUT2D eigenvalue weighted by Gasteiger charge is 2.36. The van der Waals surface area contributed by atoms with E-state index >= 15 is 0 Å². The summed E-state index contributed by atoms with van der Waals surface area (Å²) in [5, 5.41) is 2.66. The number of rotatable bonds is 2. The van der Waals surface area contributed by atoms with Gasteiger partial charge >= 0.3 is 6.18 Å². The second-order valence-electron chi connectivity index (χ2n) is 3.37. The predicted octanol–water partition coefficient (Wildman–Crippen LogP) is 3.11. The van der Waals surface area contributed by atoms with Crippen LogP contribution >= 0.6 is 15.9 Å². The van der Waals surface area contributed by atoms with Crippen molar-refractivity contribution in [3.63, 3.8) is 0 Å². The van der Waals surface area contributed by atoms with Gasteiger partial charge < -0.3 is 4.84 Å². The van der Waals surface area contributed by atoms with E-state index in [1.54, 1.807) is 20.8 Å². The van der Waals surface area contributed by atoms with Crippen LogP contribution in [0.25, 0.3) is 0 Å². The Morgan fingerprint density at radius 1 is 1.31 bits per heavy atom. The Balaban J connectivity index is 4.42. The summed E-state index contributed by atoms with van der Waals surface area (Å²) in [6.07, 6.45) is -4.44. The summed E-state index contributed by atoms with van der Waals surface area (Å²) in [5.74, 6) is 0. The van der Waals surface area contributed by atoms with Crippen LogP contribution in [0.5, 0.6) is 0 Å². The van der Waals surface area contributed by atoms with Gasteiger partial charge in [0.25, 0.3) is 0 Å². The molecule has 0 bridgehead atoms. The summed E-state index contributed by atoms with van der Waals surface area (Å²) >= 11 is 2.69. The topological polar surface area (TPSA) is 21.6 Å². The maximum absolute atomic E-state index is 12.1. The lowest BCUT2D eigenvalue weighted by molar-refractivity contribution is -0.0679. The molecule has 0 amide bonds. The Kier molecular flexibility index (Phi) is 4.22. The number of halogens is 4. The monoisotopic (exact) mass is 261 g/mol. The smallest absolute Gasteiger partial charge is 0.390 e. The third kappa shape index (κ3) is 5.90. The maximum Gasteiger partial charge on any atom is 0.433 e. The van der Waals surface area contributed by atoms with Crippen LogP contribution in [0.2, 0.25) is 0 Å². The fourth-order valence-electron chi connectivity index (χ4n) is 0.344. The second-order valence-corrected chi connectivity index (χ2v) is 3.93. The van der Waals surface area contributed by atoms with Crippen molar-refractivity contribution in [2.75, 3.05) is 5.33 Å². The van der Waals surface area contributed by atoms with Gasteiger partial charge in [-0.15, -0.1) is 0 Å². The molecule has 0 saturated heterocycles. The molecule has 0 atom stereocenters. The van der Waals surface area contributed by atoms with Gasteiger partial charge in [0, 0.05) is 0 Å². The fraction of sp³-hybridized carbons (Fsp3) is 0.857. The Hall–Kier alpha value is -0.260. The minimum Gasteiger partial charge on any atom is -0.390 e. The van der Waals surface area contributed by atoms with E-state index in [0.717, 1.165) is 0 Å². The lowest BCUT2D eigenvalue weighted by Crippen LogP contribution is -2.26. The van der Waals surface area contributed by atoms with Gasteiger partial charge in [-0.25, -0.2) is 0 Å². The number of oxime groups is 1. The summed E-state index contributed by atoms with van der Waals surface area (Å²) in [6, 6.07) is 0. The van der Waals surface area contributed by atoms with Crippen LogP contribution in [-0.4, -0.2) is 22.8 Å². The highest BCUT2D eigenvalue weighted by atomic mass is 79.9. The lowest BCUT2D eigenvalue weighted by atomic mass is 10.2. The SMILES string of the molecule is CC(C)(C)ON=C(CBr)C(F)(F)F. The molecule has 0 aliphatic carbocycles. The molecule has 0 radical (unpaired) electrons. The molecule has 0 rings (SSSR count). The van der Waals surface area contributed by atoms with E-state index in [2.05, 4.69) is 25.9 Å². The highest BCUT2D eigenvalue weighted by molar-refractivity contribution is 9.09. The Morgan fingerprint density at radius 3 is 2.00 bits per heavy atom. The minimum absolute atomic E-state index is 0.368. The average molecular weight is 262 g/mol. The summed E-state index contributed by atoms with van der Waals surface area (Å²) in [4.78, 5) is 4.65. The van der Waals surface area contributed by atoms with Crippen LogP contribution in [0.1, 0.15) is 20.8 Å². The number of hydrogen-bond donors (Lipinski definition) is 0. The first-order valence-electron chi connectivity index (χ1n) is 3.55. The molecule has 2 nitrogen and oxygen atoms in total. The molecule has 0 fully saturated rings. The average Bonchev–Trinajstić information content (AvgIpc) is 1.82. The fourth-order valence-corrected chi connectivity index (χ4v) is 0.764. The molecule has 0 aromatic heterocycles. The van der Waals surface area contributed by atoms with Crippen LogP contribution in [0.4, 0.5) is 13.2 Å². The van der Waals surface area contributed by atoms with E-state index in [4.69, 9.17) is 0 Å². The van der Waals surface area contributed by atoms with Crippen molar-refractivity contribution in [3.05, 3.63) is 0 Å². The van der Waals surface area contributed by atoms with Gasteiger partial charge in [-0.1, -0.05) is 21.1 Å². The zero-order valence-corrected chi connectivity index (χ0v) is 9.16. The zero-order valence-electron chi connectivity index (χ0n) is 7.57. The van der Waals surface area contributed by atoms with Gasteiger partial charge in [-0.2, -0.15) is 13.2 Å². The number of alkyl halides is 4. The molecule has 0 heterocycles. The molecule has 0 aliphatic heterocycles. The van der Waals surface area contributed by atoms with Crippen LogP contribution in [0.3, 0.4) is 0 Å². The predicted molar refractivity (Wildman–Crippen MR) is 48.1 cm³/mol. The number of hydrogen-bond acceptors (Lipinski definition) is 2. The van der Waals surface area contributed by atoms with Crippen LogP contribution in [0, 0.1) is 0 Å². The second kappa shape index (κ2) is 4.30. The molecular formula is C7H11BrF3NO. The highest BCUT2D eigenvalue weighted by Crippen LogP contribution is 2.20. The van der Waals surface area contributed by atoms with E-state index in [-0.39, 0.29) is 5.33 Å². The van der Waals surface area contributed by atoms with Gasteiger partial charge in [-0.3, -0.25) is 0 Å². The standard InChI is InChI=1S/C7H11BrF3NO/c1-6(2,3)13-12-5(4-8)7(9,10)11/h4H2,1-3H3. The van der Waals surface area contributed by atoms with Crippen LogP contribution in [0.15, 0.2) is 5.16 Å². The Morgan fingerprint density at radius 2 is 1.77 bits per heavy atom. The van der Waals surface area contributed by atoms with E-state index in [1.807, 2.05) is 0 Å². The largest absolute Gasteiger partial charge is 0.433 e. The van der Waals surface area contributed by atoms with Gasteiger partial charge in [0.2, 0.25) is 0 Å². The summed E-state index contributed by atoms with van der Waals surface area (Å²) in [5.41, 5.74) is -1.68. The van der Waals surface area contributed by atoms with E-state index in [1.165, 1.54) is 0 Å². The summed E-state index contributed by atoms with van der Waals surface area (Å²) in [6.45, 7) is 4.87. The van der Waals surface area contributed by atoms with E-state index in [0.29, 0.717) is 0 Å². The first kappa shape index (κ1) is 12.7. The quantitative estimate of drug-likeness (QED) is 0.425. The molecule has 0 unspecified atom stereocenters. The first-order valence-corrected chi connectivity index (χ1v) is 4.67. The molecule has 0 aliphatic rings. The molecule has 0 saturated carbocycles. The number of nitrogens with zero attached hydrogens (tertiary/aromatic N) is 1. The molecular weight excluding hydrogens is 251 g/mol. The molecule has 0 N–H and O–H groups in total. The van der Waals surface area contributed by atoms with Crippen molar-refractivity contribution in [3.8, 4) is 0 Å². The van der Waals surface area contributed by atoms with Crippen molar-refractivity contribution in [2.24, 2.45) is 5.16 Å². The third-order valence-electron chi connectivity index (χ3n) is 0.883. The van der Waals surface area contributed by atoms with Crippen LogP contribution in [-0.2, 0) is 4.84 Å². The molecule has 0 aromatic rings. The van der Waals surface area contributed by atoms with Crippen LogP contribution < -0.4 is 0 Å². The normalized spacial score (nSPS) is 14.5. The molecule has 0 aromatic carbocycles. The zero-order chi connectivity index (χ0) is 10.7. The summed E-state index contributed by atoms with van der Waals surface area (Å²) < 4.78 is 36.2. The molecule has 13 heavy (non-hydrogen) atoms. The van der Waals surface area contributed by atoms with Gasteiger partial charge in [-0.05, 0) is 20.8 Å². The van der Waals surface area contributed by atoms with Crippen molar-refractivity contribution in [1.29, 1.82) is 0 Å². The van der Waals surface area contributed by atoms with Crippen molar-refractivity contribution >= 4 is 21.6 Å². The third-order valence-corrected chi connectivity index (χ3v) is 1.41. The lowest BCUT2D eigenvalue weighted by Gasteiger charge is -2.17. The van der Waals surface area contributed by atoms with E-state index < -0.39 is 17.5 Å². The van der Waals surface area contributed by atoms with Crippen molar-refractivity contribution < 1.29 is 18.0 Å². The Labute approximate surface area is 83.3 Å². The van der Waals surface area contributed by atoms with Gasteiger partial charge in [0.15, 0.2) is 5.71 Å². The van der Waals surface area contributed by atoms with Crippen molar-refractivity contribution in [2.45, 2.75) is 32.5 Å². The Bertz CT molecular complexity index is 195. The van der Waals surface area contributed by atoms with Crippen molar-refractivity contribution in [1.82, 2.24) is 0 Å². The molecule has 6 heteroatoms. The molecule has 0 spiro atoms. The molecule has 78 valence electrons. The summed E-state index contributed by atoms with van der Waals surface area (Å²) in [7, 11) is 0. The van der Waals surface area contributed by atoms with Gasteiger partial charge in [0.05, 0.1) is 5.33 Å². The minimum atomic E-state index is -4.44. The van der Waals surface area contributed by atoms with E-state index in [9.17, 15) is 13.2 Å².